The monoisotopic (exact) mass is 444 g/mol. The van der Waals surface area contributed by atoms with Crippen LogP contribution in [-0.2, 0) is 0 Å². The Labute approximate surface area is 195 Å². The number of nitrogens with one attached hydrogen (secondary N) is 2. The topological polar surface area (TPSA) is 88.0 Å². The number of H-pyrrole nitrogens is 1. The quantitative estimate of drug-likeness (QED) is 0.376. The molecule has 0 bridgehead atoms. The van der Waals surface area contributed by atoms with Gasteiger partial charge in [-0.15, -0.1) is 0 Å². The van der Waals surface area contributed by atoms with E-state index in [4.69, 9.17) is 0 Å². The van der Waals surface area contributed by atoms with Crippen LogP contribution in [-0.4, -0.2) is 30.5 Å². The zero-order chi connectivity index (χ0) is 23.1. The largest absolute Gasteiger partial charge is 0.346 e. The molecule has 0 spiro atoms. The lowest BCUT2D eigenvalue weighted by Gasteiger charge is -2.07. The average Bonchev–Trinajstić information content (AvgIpc) is 3.48. The van der Waals surface area contributed by atoms with Crippen molar-refractivity contribution in [2.45, 2.75) is 6.92 Å². The molecule has 34 heavy (non-hydrogen) atoms. The van der Waals surface area contributed by atoms with Gasteiger partial charge in [0.25, 0.3) is 5.91 Å². The first-order chi connectivity index (χ1) is 16.7. The number of amides is 1. The second-order valence-electron chi connectivity index (χ2n) is 8.14. The number of hydrogen-bond donors (Lipinski definition) is 2. The van der Waals surface area contributed by atoms with Crippen molar-refractivity contribution < 1.29 is 4.79 Å². The molecule has 0 radical (unpaired) electrons. The summed E-state index contributed by atoms with van der Waals surface area (Å²) in [6, 6.07) is 18.0. The molecule has 0 fully saturated rings. The molecule has 1 amide bonds. The van der Waals surface area contributed by atoms with Crippen LogP contribution >= 0.6 is 0 Å². The number of carbonyl (C=O) groups excluding carboxylic acids is 1. The molecule has 0 aliphatic heterocycles. The van der Waals surface area contributed by atoms with Gasteiger partial charge in [-0.3, -0.25) is 9.78 Å². The second kappa shape index (κ2) is 7.97. The third-order valence-corrected chi connectivity index (χ3v) is 5.98. The minimum absolute atomic E-state index is 0.234. The fourth-order valence-corrected chi connectivity index (χ4v) is 4.24. The van der Waals surface area contributed by atoms with E-state index in [0.29, 0.717) is 11.3 Å². The van der Waals surface area contributed by atoms with Gasteiger partial charge in [-0.1, -0.05) is 24.3 Å². The van der Waals surface area contributed by atoms with Gasteiger partial charge in [0.05, 0.1) is 29.2 Å². The summed E-state index contributed by atoms with van der Waals surface area (Å²) in [5.74, 6) is -0.234. The van der Waals surface area contributed by atoms with E-state index in [1.807, 2.05) is 42.9 Å². The number of anilines is 1. The number of aromatic amines is 1. The lowest BCUT2D eigenvalue weighted by molar-refractivity contribution is 0.102. The van der Waals surface area contributed by atoms with Crippen LogP contribution in [0.3, 0.4) is 0 Å². The molecule has 0 saturated carbocycles. The first-order valence-corrected chi connectivity index (χ1v) is 10.9. The number of nitrogens with zero attached hydrogens (tertiary/aromatic N) is 4. The van der Waals surface area contributed by atoms with Gasteiger partial charge in [0.15, 0.2) is 0 Å². The Hall–Kier alpha value is -4.78. The smallest absolute Gasteiger partial charge is 0.259 e. The molecule has 5 aromatic heterocycles. The van der Waals surface area contributed by atoms with Gasteiger partial charge in [0.2, 0.25) is 0 Å². The van der Waals surface area contributed by atoms with Gasteiger partial charge >= 0.3 is 0 Å². The Kier molecular flexibility index (Phi) is 4.66. The third-order valence-electron chi connectivity index (χ3n) is 5.98. The van der Waals surface area contributed by atoms with Crippen molar-refractivity contribution in [3.8, 4) is 22.3 Å². The van der Waals surface area contributed by atoms with E-state index in [0.717, 1.165) is 38.8 Å². The Morgan fingerprint density at radius 2 is 1.88 bits per heavy atom. The van der Waals surface area contributed by atoms with E-state index >= 15 is 0 Å². The van der Waals surface area contributed by atoms with Crippen molar-refractivity contribution >= 4 is 28.1 Å². The molecule has 7 heteroatoms. The fraction of sp³-hybridized carbons (Fsp3) is 0.0370. The van der Waals surface area contributed by atoms with Crippen LogP contribution in [0.5, 0.6) is 0 Å². The van der Waals surface area contributed by atoms with Crippen LogP contribution in [0, 0.1) is 6.92 Å². The van der Waals surface area contributed by atoms with Gasteiger partial charge in [0.1, 0.15) is 5.65 Å². The number of fused-ring (bicyclic) bond motifs is 2. The number of pyridine rings is 3. The molecule has 6 aromatic rings. The highest BCUT2D eigenvalue weighted by Gasteiger charge is 2.16. The summed E-state index contributed by atoms with van der Waals surface area (Å²) in [6.45, 7) is 2.10. The molecule has 7 nitrogen and oxygen atoms in total. The van der Waals surface area contributed by atoms with E-state index in [1.165, 1.54) is 5.56 Å². The Balaban J connectivity index is 1.42. The summed E-state index contributed by atoms with van der Waals surface area (Å²) in [5.41, 5.74) is 8.06. The summed E-state index contributed by atoms with van der Waals surface area (Å²) >= 11 is 0. The van der Waals surface area contributed by atoms with E-state index in [-0.39, 0.29) is 5.91 Å². The minimum Gasteiger partial charge on any atom is -0.346 e. The molecule has 1 aromatic carbocycles. The average molecular weight is 444 g/mol. The minimum atomic E-state index is -0.234. The SMILES string of the molecule is Cc1ccccc1-c1cnc2[nH]cc(-c3ccn4ncc(C(=O)Nc5cccnc5)c4c3)c2c1. The molecule has 0 unspecified atom stereocenters. The van der Waals surface area contributed by atoms with Crippen LogP contribution in [0.25, 0.3) is 38.8 Å². The van der Waals surface area contributed by atoms with E-state index < -0.39 is 0 Å². The molecule has 0 aliphatic carbocycles. The van der Waals surface area contributed by atoms with E-state index in [2.05, 4.69) is 50.5 Å². The highest BCUT2D eigenvalue weighted by atomic mass is 16.1. The van der Waals surface area contributed by atoms with Crippen molar-refractivity contribution in [2.24, 2.45) is 0 Å². The van der Waals surface area contributed by atoms with Crippen LogP contribution < -0.4 is 5.32 Å². The standard InChI is InChI=1S/C27H20N6O/c1-17-5-2-3-7-21(17)19-11-22-23(15-30-26(22)29-13-19)18-8-10-33-25(12-18)24(16-31-33)27(34)32-20-6-4-9-28-14-20/h2-16H,1H3,(H,29,30)(H,32,34). The second-order valence-corrected chi connectivity index (χ2v) is 8.14. The maximum Gasteiger partial charge on any atom is 0.259 e. The van der Waals surface area contributed by atoms with Gasteiger partial charge in [0, 0.05) is 41.3 Å². The van der Waals surface area contributed by atoms with Crippen molar-refractivity contribution in [3.63, 3.8) is 0 Å². The lowest BCUT2D eigenvalue weighted by Crippen LogP contribution is -2.11. The summed E-state index contributed by atoms with van der Waals surface area (Å²) < 4.78 is 1.70. The zero-order valence-corrected chi connectivity index (χ0v) is 18.4. The number of aryl methyl sites for hydroxylation is 1. The van der Waals surface area contributed by atoms with Crippen LogP contribution in [0.2, 0.25) is 0 Å². The van der Waals surface area contributed by atoms with Gasteiger partial charge in [-0.25, -0.2) is 9.50 Å². The van der Waals surface area contributed by atoms with Crippen LogP contribution in [0.4, 0.5) is 5.69 Å². The summed E-state index contributed by atoms with van der Waals surface area (Å²) in [6.07, 6.45) is 10.6. The number of benzene rings is 1. The summed E-state index contributed by atoms with van der Waals surface area (Å²) in [4.78, 5) is 24.9. The number of hydrogen-bond acceptors (Lipinski definition) is 4. The molecular weight excluding hydrogens is 424 g/mol. The lowest BCUT2D eigenvalue weighted by atomic mass is 9.99. The van der Waals surface area contributed by atoms with Gasteiger partial charge in [-0.2, -0.15) is 5.10 Å². The highest BCUT2D eigenvalue weighted by molar-refractivity contribution is 6.09. The zero-order valence-electron chi connectivity index (χ0n) is 18.4. The van der Waals surface area contributed by atoms with Gasteiger partial charge < -0.3 is 10.3 Å². The van der Waals surface area contributed by atoms with Gasteiger partial charge in [-0.05, 0) is 53.9 Å². The normalized spacial score (nSPS) is 11.2. The van der Waals surface area contributed by atoms with E-state index in [1.54, 1.807) is 35.2 Å². The predicted octanol–water partition coefficient (Wildman–Crippen LogP) is 5.50. The molecule has 0 aliphatic rings. The summed E-state index contributed by atoms with van der Waals surface area (Å²) in [7, 11) is 0. The Bertz CT molecular complexity index is 1670. The van der Waals surface area contributed by atoms with Crippen molar-refractivity contribution in [2.75, 3.05) is 5.32 Å². The molecule has 5 heterocycles. The molecule has 6 rings (SSSR count). The van der Waals surface area contributed by atoms with Crippen molar-refractivity contribution in [1.82, 2.24) is 24.6 Å². The fourth-order valence-electron chi connectivity index (χ4n) is 4.24. The molecule has 164 valence electrons. The molecule has 0 atom stereocenters. The van der Waals surface area contributed by atoms with Crippen molar-refractivity contribution in [3.05, 3.63) is 103 Å². The summed E-state index contributed by atoms with van der Waals surface area (Å²) in [5, 5.41) is 8.25. The first kappa shape index (κ1) is 19.9. The van der Waals surface area contributed by atoms with Crippen LogP contribution in [0.15, 0.2) is 91.8 Å². The van der Waals surface area contributed by atoms with Crippen molar-refractivity contribution in [1.29, 1.82) is 0 Å². The molecular formula is C27H20N6O. The Morgan fingerprint density at radius 1 is 0.971 bits per heavy atom. The van der Waals surface area contributed by atoms with E-state index in [9.17, 15) is 4.79 Å². The molecule has 2 N–H and O–H groups in total. The molecule has 0 saturated heterocycles. The number of rotatable bonds is 4. The maximum absolute atomic E-state index is 12.9. The highest BCUT2D eigenvalue weighted by Crippen LogP contribution is 2.32. The maximum atomic E-state index is 12.9. The Morgan fingerprint density at radius 3 is 2.74 bits per heavy atom. The first-order valence-electron chi connectivity index (χ1n) is 10.9. The number of aromatic nitrogens is 5. The van der Waals surface area contributed by atoms with Crippen LogP contribution in [0.1, 0.15) is 15.9 Å². The number of carbonyl (C=O) groups is 1. The third kappa shape index (κ3) is 3.40. The predicted molar refractivity (Wildman–Crippen MR) is 133 cm³/mol.